The molecule has 1 saturated heterocycles. The average molecular weight is 319 g/mol. The zero-order valence-corrected chi connectivity index (χ0v) is 12.6. The Hall–Kier alpha value is -2.14. The lowest BCUT2D eigenvalue weighted by atomic mass is 9.96. The molecule has 0 radical (unpaired) electrons. The molecule has 3 rings (SSSR count). The first kappa shape index (κ1) is 14.8. The van der Waals surface area contributed by atoms with Crippen LogP contribution in [0.15, 0.2) is 30.5 Å². The number of pyridine rings is 1. The van der Waals surface area contributed by atoms with Gasteiger partial charge in [0.25, 0.3) is 5.91 Å². The molecule has 1 aliphatic heterocycles. The van der Waals surface area contributed by atoms with Crippen molar-refractivity contribution in [1.29, 1.82) is 0 Å². The number of carboxylic acids is 1. The molecule has 2 aromatic rings. The number of rotatable bonds is 2. The molecular weight excluding hydrogens is 304 g/mol. The van der Waals surface area contributed by atoms with Gasteiger partial charge in [0.15, 0.2) is 0 Å². The minimum absolute atomic E-state index is 0.143. The largest absolute Gasteiger partial charge is 0.481 e. The standard InChI is InChI=1S/C16H15ClN2O3/c17-12-8-11-2-1-5-18-14(11)13(9-12)15(20)19-6-3-10(4-7-19)16(21)22/h1-2,5,8-10H,3-4,6-7H2,(H,21,22). The Bertz CT molecular complexity index is 739. The number of likely N-dealkylation sites (tertiary alicyclic amines) is 1. The minimum Gasteiger partial charge on any atom is -0.481 e. The number of nitrogens with zero attached hydrogens (tertiary/aromatic N) is 2. The fourth-order valence-corrected chi connectivity index (χ4v) is 3.05. The summed E-state index contributed by atoms with van der Waals surface area (Å²) in [7, 11) is 0. The zero-order chi connectivity index (χ0) is 15.7. The van der Waals surface area contributed by atoms with Gasteiger partial charge in [-0.15, -0.1) is 0 Å². The van der Waals surface area contributed by atoms with Gasteiger partial charge in [-0.25, -0.2) is 0 Å². The number of piperidine rings is 1. The van der Waals surface area contributed by atoms with Crippen molar-refractivity contribution in [3.63, 3.8) is 0 Å². The molecule has 1 aromatic carbocycles. The number of aliphatic carboxylic acids is 1. The second kappa shape index (κ2) is 5.93. The Balaban J connectivity index is 1.89. The van der Waals surface area contributed by atoms with Crippen LogP contribution in [-0.4, -0.2) is 40.0 Å². The van der Waals surface area contributed by atoms with E-state index in [2.05, 4.69) is 4.98 Å². The molecule has 1 aromatic heterocycles. The summed E-state index contributed by atoms with van der Waals surface area (Å²) in [5.41, 5.74) is 1.09. The van der Waals surface area contributed by atoms with Crippen LogP contribution in [0.2, 0.25) is 5.02 Å². The van der Waals surface area contributed by atoms with Crippen molar-refractivity contribution in [2.24, 2.45) is 5.92 Å². The smallest absolute Gasteiger partial charge is 0.306 e. The van der Waals surface area contributed by atoms with Crippen LogP contribution in [0, 0.1) is 5.92 Å². The summed E-state index contributed by atoms with van der Waals surface area (Å²) in [6.07, 6.45) is 2.60. The number of carboxylic acid groups (broad SMARTS) is 1. The number of aromatic nitrogens is 1. The van der Waals surface area contributed by atoms with Crippen LogP contribution in [0.5, 0.6) is 0 Å². The van der Waals surface area contributed by atoms with Crippen molar-refractivity contribution < 1.29 is 14.7 Å². The summed E-state index contributed by atoms with van der Waals surface area (Å²) in [6.45, 7) is 0.882. The third-order valence-electron chi connectivity index (χ3n) is 4.03. The highest BCUT2D eigenvalue weighted by atomic mass is 35.5. The highest BCUT2D eigenvalue weighted by Gasteiger charge is 2.28. The molecule has 0 unspecified atom stereocenters. The summed E-state index contributed by atoms with van der Waals surface area (Å²) in [4.78, 5) is 29.7. The maximum absolute atomic E-state index is 12.7. The summed E-state index contributed by atoms with van der Waals surface area (Å²) in [6, 6.07) is 7.06. The molecule has 0 atom stereocenters. The van der Waals surface area contributed by atoms with Crippen LogP contribution in [0.1, 0.15) is 23.2 Å². The van der Waals surface area contributed by atoms with Gasteiger partial charge >= 0.3 is 5.97 Å². The third-order valence-corrected chi connectivity index (χ3v) is 4.25. The number of carbonyl (C=O) groups is 2. The van der Waals surface area contributed by atoms with Crippen molar-refractivity contribution in [2.45, 2.75) is 12.8 Å². The van der Waals surface area contributed by atoms with Crippen LogP contribution in [0.3, 0.4) is 0 Å². The van der Waals surface area contributed by atoms with Gasteiger partial charge < -0.3 is 10.0 Å². The zero-order valence-electron chi connectivity index (χ0n) is 11.8. The lowest BCUT2D eigenvalue weighted by Gasteiger charge is -2.30. The maximum Gasteiger partial charge on any atom is 0.306 e. The molecule has 1 amide bonds. The predicted molar refractivity (Wildman–Crippen MR) is 83.0 cm³/mol. The van der Waals surface area contributed by atoms with E-state index in [0.717, 1.165) is 5.39 Å². The molecule has 1 fully saturated rings. The molecule has 0 saturated carbocycles. The van der Waals surface area contributed by atoms with Crippen LogP contribution in [0.25, 0.3) is 10.9 Å². The Labute approximate surface area is 132 Å². The SMILES string of the molecule is O=C(O)C1CCN(C(=O)c2cc(Cl)cc3cccnc23)CC1. The molecular formula is C16H15ClN2O3. The lowest BCUT2D eigenvalue weighted by Crippen LogP contribution is -2.40. The molecule has 1 aliphatic rings. The van der Waals surface area contributed by atoms with Gasteiger partial charge in [0.2, 0.25) is 0 Å². The number of halogens is 1. The average Bonchev–Trinajstić information content (AvgIpc) is 2.53. The van der Waals surface area contributed by atoms with E-state index >= 15 is 0 Å². The molecule has 2 heterocycles. The first-order valence-corrected chi connectivity index (χ1v) is 7.50. The Morgan fingerprint density at radius 3 is 2.68 bits per heavy atom. The van der Waals surface area contributed by atoms with Gasteiger partial charge in [-0.3, -0.25) is 14.6 Å². The van der Waals surface area contributed by atoms with E-state index < -0.39 is 5.97 Å². The van der Waals surface area contributed by atoms with Gasteiger partial charge in [0.05, 0.1) is 17.0 Å². The summed E-state index contributed by atoms with van der Waals surface area (Å²) in [5, 5.41) is 10.3. The predicted octanol–water partition coefficient (Wildman–Crippen LogP) is 2.83. The van der Waals surface area contributed by atoms with Crippen molar-refractivity contribution >= 4 is 34.4 Å². The number of benzene rings is 1. The fraction of sp³-hybridized carbons (Fsp3) is 0.312. The minimum atomic E-state index is -0.790. The number of fused-ring (bicyclic) bond motifs is 1. The Morgan fingerprint density at radius 2 is 2.00 bits per heavy atom. The quantitative estimate of drug-likeness (QED) is 0.924. The van der Waals surface area contributed by atoms with Crippen molar-refractivity contribution in [3.05, 3.63) is 41.0 Å². The highest BCUT2D eigenvalue weighted by Crippen LogP contribution is 2.25. The van der Waals surface area contributed by atoms with Crippen LogP contribution < -0.4 is 0 Å². The highest BCUT2D eigenvalue weighted by molar-refractivity contribution is 6.32. The van der Waals surface area contributed by atoms with Gasteiger partial charge in [-0.2, -0.15) is 0 Å². The molecule has 0 spiro atoms. The van der Waals surface area contributed by atoms with Crippen LogP contribution in [0.4, 0.5) is 0 Å². The molecule has 114 valence electrons. The molecule has 5 nitrogen and oxygen atoms in total. The number of carbonyl (C=O) groups excluding carboxylic acids is 1. The van der Waals surface area contributed by atoms with Gasteiger partial charge in [0.1, 0.15) is 0 Å². The van der Waals surface area contributed by atoms with E-state index in [1.54, 1.807) is 29.3 Å². The normalized spacial score (nSPS) is 16.0. The fourth-order valence-electron chi connectivity index (χ4n) is 2.82. The second-order valence-electron chi connectivity index (χ2n) is 5.43. The van der Waals surface area contributed by atoms with Crippen molar-refractivity contribution in [1.82, 2.24) is 9.88 Å². The third kappa shape index (κ3) is 2.76. The second-order valence-corrected chi connectivity index (χ2v) is 5.87. The van der Waals surface area contributed by atoms with E-state index in [9.17, 15) is 9.59 Å². The van der Waals surface area contributed by atoms with Gasteiger partial charge in [0, 0.05) is 29.7 Å². The molecule has 1 N–H and O–H groups in total. The maximum atomic E-state index is 12.7. The summed E-state index contributed by atoms with van der Waals surface area (Å²) in [5.74, 6) is -1.30. The molecule has 6 heteroatoms. The number of amides is 1. The lowest BCUT2D eigenvalue weighted by molar-refractivity contribution is -0.143. The topological polar surface area (TPSA) is 70.5 Å². The van der Waals surface area contributed by atoms with Crippen molar-refractivity contribution in [3.8, 4) is 0 Å². The van der Waals surface area contributed by atoms with Crippen LogP contribution in [-0.2, 0) is 4.79 Å². The van der Waals surface area contributed by atoms with Gasteiger partial charge in [-0.05, 0) is 31.0 Å². The van der Waals surface area contributed by atoms with E-state index in [1.807, 2.05) is 6.07 Å². The molecule has 22 heavy (non-hydrogen) atoms. The van der Waals surface area contributed by atoms with E-state index in [0.29, 0.717) is 42.0 Å². The monoisotopic (exact) mass is 318 g/mol. The summed E-state index contributed by atoms with van der Waals surface area (Å²) < 4.78 is 0. The Kier molecular flexibility index (Phi) is 3.98. The van der Waals surface area contributed by atoms with Gasteiger partial charge in [-0.1, -0.05) is 17.7 Å². The summed E-state index contributed by atoms with van der Waals surface area (Å²) >= 11 is 6.10. The van der Waals surface area contributed by atoms with Crippen LogP contribution >= 0.6 is 11.6 Å². The first-order chi connectivity index (χ1) is 10.6. The number of hydrogen-bond acceptors (Lipinski definition) is 3. The molecule has 0 aliphatic carbocycles. The van der Waals surface area contributed by atoms with E-state index in [-0.39, 0.29) is 11.8 Å². The van der Waals surface area contributed by atoms with Crippen molar-refractivity contribution in [2.75, 3.05) is 13.1 Å². The van der Waals surface area contributed by atoms with E-state index in [1.165, 1.54) is 0 Å². The number of hydrogen-bond donors (Lipinski definition) is 1. The Morgan fingerprint density at radius 1 is 1.27 bits per heavy atom. The molecule has 0 bridgehead atoms. The first-order valence-electron chi connectivity index (χ1n) is 7.12. The van der Waals surface area contributed by atoms with E-state index in [4.69, 9.17) is 16.7 Å².